The van der Waals surface area contributed by atoms with E-state index < -0.39 is 12.1 Å². The lowest BCUT2D eigenvalue weighted by Gasteiger charge is -2.31. The van der Waals surface area contributed by atoms with Gasteiger partial charge in [0.05, 0.1) is 7.05 Å². The molecule has 2 rings (SSSR count). The molecule has 2 heterocycles. The highest BCUT2D eigenvalue weighted by atomic mass is 16.2. The zero-order valence-electron chi connectivity index (χ0n) is 8.76. The molecular weight excluding hydrogens is 198 g/mol. The average molecular weight is 210 g/mol. The summed E-state index contributed by atoms with van der Waals surface area (Å²) in [5.41, 5.74) is 5.60. The molecule has 2 aliphatic heterocycles. The van der Waals surface area contributed by atoms with Crippen LogP contribution in [0.2, 0.25) is 0 Å². The van der Waals surface area contributed by atoms with Gasteiger partial charge >= 0.3 is 12.0 Å². The summed E-state index contributed by atoms with van der Waals surface area (Å²) in [7, 11) is 4.69. The third kappa shape index (κ3) is 1.06. The molecule has 0 saturated carbocycles. The highest BCUT2D eigenvalue weighted by Crippen LogP contribution is 2.16. The third-order valence-corrected chi connectivity index (χ3v) is 2.70. The molecule has 15 heavy (non-hydrogen) atoms. The number of fused-ring (bicyclic) bond motifs is 1. The molecule has 2 N–H and O–H groups in total. The number of aliphatic imine (C=N–C) groups is 1. The van der Waals surface area contributed by atoms with Gasteiger partial charge < -0.3 is 0 Å². The van der Waals surface area contributed by atoms with Gasteiger partial charge in [-0.1, -0.05) is 4.99 Å². The quantitative estimate of drug-likeness (QED) is 0.481. The number of carbonyl (C=O) groups is 2. The maximum absolute atomic E-state index is 11.8. The molecular formula is C8H12N5O2+. The molecule has 0 aromatic rings. The van der Waals surface area contributed by atoms with Crippen molar-refractivity contribution in [2.75, 3.05) is 21.1 Å². The van der Waals surface area contributed by atoms with Gasteiger partial charge in [-0.2, -0.15) is 0 Å². The van der Waals surface area contributed by atoms with Crippen molar-refractivity contribution in [3.05, 3.63) is 0 Å². The summed E-state index contributed by atoms with van der Waals surface area (Å²) in [6, 6.07) is -0.962. The van der Waals surface area contributed by atoms with E-state index in [1.165, 1.54) is 11.9 Å². The summed E-state index contributed by atoms with van der Waals surface area (Å²) in [6.07, 6.45) is 0. The fourth-order valence-corrected chi connectivity index (χ4v) is 1.70. The van der Waals surface area contributed by atoms with Crippen molar-refractivity contribution in [1.29, 1.82) is 0 Å². The van der Waals surface area contributed by atoms with Crippen LogP contribution < -0.4 is 5.73 Å². The van der Waals surface area contributed by atoms with Crippen LogP contribution in [-0.2, 0) is 4.79 Å². The van der Waals surface area contributed by atoms with Crippen molar-refractivity contribution in [2.45, 2.75) is 6.04 Å². The molecule has 7 nitrogen and oxygen atoms in total. The van der Waals surface area contributed by atoms with Crippen molar-refractivity contribution < 1.29 is 14.2 Å². The van der Waals surface area contributed by atoms with Gasteiger partial charge in [-0.3, -0.25) is 20.3 Å². The van der Waals surface area contributed by atoms with E-state index in [4.69, 9.17) is 5.73 Å². The van der Waals surface area contributed by atoms with Crippen LogP contribution >= 0.6 is 0 Å². The number of amides is 3. The number of urea groups is 1. The Hall–Kier alpha value is -1.92. The standard InChI is InChI=1S/C8H11N5O2/c1-11-4-5(10-7(11)9)12(2)8(15)13(3)6(4)14/h4,9H,1-3H3/p+1. The molecule has 0 aromatic heterocycles. The van der Waals surface area contributed by atoms with E-state index in [0.29, 0.717) is 5.84 Å². The van der Waals surface area contributed by atoms with Crippen LogP contribution in [0.3, 0.4) is 0 Å². The molecule has 1 atom stereocenters. The second-order valence-corrected chi connectivity index (χ2v) is 3.58. The molecule has 0 aromatic carbocycles. The fraction of sp³-hybridized carbons (Fsp3) is 0.500. The van der Waals surface area contributed by atoms with Gasteiger partial charge in [-0.25, -0.2) is 9.37 Å². The van der Waals surface area contributed by atoms with Gasteiger partial charge in [0.1, 0.15) is 0 Å². The fourth-order valence-electron chi connectivity index (χ4n) is 1.70. The molecule has 80 valence electrons. The maximum atomic E-state index is 11.8. The molecule has 0 spiro atoms. The lowest BCUT2D eigenvalue weighted by molar-refractivity contribution is -0.506. The Kier molecular flexibility index (Phi) is 1.79. The van der Waals surface area contributed by atoms with Crippen LogP contribution in [0.4, 0.5) is 4.79 Å². The Morgan fingerprint density at radius 2 is 1.93 bits per heavy atom. The van der Waals surface area contributed by atoms with Crippen molar-refractivity contribution in [2.24, 2.45) is 10.7 Å². The number of carbonyl (C=O) groups excluding carboxylic acids is 2. The normalized spacial score (nSPS) is 26.1. The highest BCUT2D eigenvalue weighted by molar-refractivity contribution is 6.22. The molecule has 2 aliphatic rings. The maximum Gasteiger partial charge on any atom is 0.387 e. The van der Waals surface area contributed by atoms with Gasteiger partial charge in [-0.15, -0.1) is 0 Å². The smallest absolute Gasteiger partial charge is 0.288 e. The van der Waals surface area contributed by atoms with Crippen molar-refractivity contribution in [3.63, 3.8) is 0 Å². The lowest BCUT2D eigenvalue weighted by Crippen LogP contribution is -2.61. The topological polar surface area (TPSA) is 82.0 Å². The largest absolute Gasteiger partial charge is 0.387 e. The number of rotatable bonds is 0. The van der Waals surface area contributed by atoms with Crippen molar-refractivity contribution in [3.8, 4) is 0 Å². The minimum Gasteiger partial charge on any atom is -0.288 e. The molecule has 7 heteroatoms. The van der Waals surface area contributed by atoms with Crippen molar-refractivity contribution >= 4 is 23.7 Å². The summed E-state index contributed by atoms with van der Waals surface area (Å²) in [6.45, 7) is 0. The number of likely N-dealkylation sites (N-methyl/N-ethyl adjacent to an activating group) is 3. The SMILES string of the molecule is CN1C(=O)C2C(=NC(N)=[N+]2C)N(C)C1=O. The molecule has 1 fully saturated rings. The monoisotopic (exact) mass is 210 g/mol. The Balaban J connectivity index is 2.49. The van der Waals surface area contributed by atoms with Crippen LogP contribution in [0, 0.1) is 0 Å². The van der Waals surface area contributed by atoms with Crippen LogP contribution in [-0.4, -0.2) is 65.3 Å². The number of imide groups is 1. The van der Waals surface area contributed by atoms with Crippen LogP contribution in [0.5, 0.6) is 0 Å². The molecule has 1 saturated heterocycles. The summed E-state index contributed by atoms with van der Waals surface area (Å²) < 4.78 is 1.55. The Bertz CT molecular complexity index is 425. The number of amidine groups is 1. The van der Waals surface area contributed by atoms with Crippen LogP contribution in [0.25, 0.3) is 0 Å². The van der Waals surface area contributed by atoms with E-state index in [1.54, 1.807) is 18.7 Å². The van der Waals surface area contributed by atoms with E-state index in [-0.39, 0.29) is 11.9 Å². The zero-order chi connectivity index (χ0) is 11.3. The highest BCUT2D eigenvalue weighted by Gasteiger charge is 2.49. The Morgan fingerprint density at radius 1 is 1.33 bits per heavy atom. The molecule has 3 amide bonds. The third-order valence-electron chi connectivity index (χ3n) is 2.70. The number of hydrogen-bond donors (Lipinski definition) is 1. The Morgan fingerprint density at radius 3 is 2.53 bits per heavy atom. The first-order valence-electron chi connectivity index (χ1n) is 4.44. The van der Waals surface area contributed by atoms with E-state index >= 15 is 0 Å². The van der Waals surface area contributed by atoms with Gasteiger partial charge in [0.25, 0.3) is 5.91 Å². The second kappa shape index (κ2) is 2.78. The summed E-state index contributed by atoms with van der Waals surface area (Å²) in [4.78, 5) is 29.8. The zero-order valence-corrected chi connectivity index (χ0v) is 8.76. The number of nitrogens with zero attached hydrogens (tertiary/aromatic N) is 4. The van der Waals surface area contributed by atoms with Crippen LogP contribution in [0.15, 0.2) is 4.99 Å². The molecule has 0 bridgehead atoms. The predicted octanol–water partition coefficient (Wildman–Crippen LogP) is -1.75. The first-order chi connectivity index (χ1) is 6.95. The van der Waals surface area contributed by atoms with E-state index in [1.807, 2.05) is 0 Å². The molecule has 1 unspecified atom stereocenters. The average Bonchev–Trinajstić information content (AvgIpc) is 2.50. The minimum atomic E-state index is -0.572. The first-order valence-corrected chi connectivity index (χ1v) is 4.44. The predicted molar refractivity (Wildman–Crippen MR) is 52.5 cm³/mol. The van der Waals surface area contributed by atoms with Gasteiger partial charge in [0.15, 0.2) is 0 Å². The number of hydrogen-bond acceptors (Lipinski definition) is 4. The van der Waals surface area contributed by atoms with Crippen molar-refractivity contribution in [1.82, 2.24) is 9.80 Å². The van der Waals surface area contributed by atoms with E-state index in [2.05, 4.69) is 4.99 Å². The second-order valence-electron chi connectivity index (χ2n) is 3.58. The molecule has 0 radical (unpaired) electrons. The summed E-state index contributed by atoms with van der Waals surface area (Å²) >= 11 is 0. The number of nitrogens with two attached hydrogens (primary N) is 1. The van der Waals surface area contributed by atoms with Gasteiger partial charge in [-0.05, 0) is 0 Å². The first kappa shape index (κ1) is 9.63. The van der Waals surface area contributed by atoms with Gasteiger partial charge in [0, 0.05) is 14.1 Å². The lowest BCUT2D eigenvalue weighted by atomic mass is 10.2. The van der Waals surface area contributed by atoms with E-state index in [0.717, 1.165) is 4.90 Å². The van der Waals surface area contributed by atoms with Crippen LogP contribution in [0.1, 0.15) is 0 Å². The summed E-state index contributed by atoms with van der Waals surface area (Å²) in [5, 5.41) is 0. The summed E-state index contributed by atoms with van der Waals surface area (Å²) in [5.74, 6) is 0.334. The molecule has 0 aliphatic carbocycles. The minimum absolute atomic E-state index is 0.248. The number of guanidine groups is 1. The van der Waals surface area contributed by atoms with Gasteiger partial charge in [0.2, 0.25) is 11.9 Å². The van der Waals surface area contributed by atoms with E-state index in [9.17, 15) is 9.59 Å². The Labute approximate surface area is 86.5 Å².